The molecule has 1 heterocycles. The van der Waals surface area contributed by atoms with Crippen molar-refractivity contribution < 1.29 is 0 Å². The second-order valence-corrected chi connectivity index (χ2v) is 6.58. The van der Waals surface area contributed by atoms with Crippen molar-refractivity contribution in [2.75, 3.05) is 0 Å². The summed E-state index contributed by atoms with van der Waals surface area (Å²) in [5, 5.41) is 3.72. The highest BCUT2D eigenvalue weighted by molar-refractivity contribution is 5.13. The van der Waals surface area contributed by atoms with Gasteiger partial charge in [-0.3, -0.25) is 0 Å². The molecule has 0 amide bonds. The molecule has 1 aromatic rings. The van der Waals surface area contributed by atoms with E-state index in [4.69, 9.17) is 0 Å². The number of H-pyrrole nitrogens is 1. The van der Waals surface area contributed by atoms with Crippen LogP contribution in [-0.4, -0.2) is 16.0 Å². The lowest BCUT2D eigenvalue weighted by Crippen LogP contribution is -2.44. The first-order valence-corrected chi connectivity index (χ1v) is 6.76. The van der Waals surface area contributed by atoms with Crippen LogP contribution < -0.4 is 5.32 Å². The van der Waals surface area contributed by atoms with Crippen molar-refractivity contribution in [2.24, 2.45) is 16.7 Å². The average Bonchev–Trinajstić information content (AvgIpc) is 2.91. The van der Waals surface area contributed by atoms with Gasteiger partial charge in [-0.1, -0.05) is 20.8 Å². The molecule has 94 valence electrons. The molecule has 1 aromatic heterocycles. The minimum absolute atomic E-state index is 0.463. The summed E-state index contributed by atoms with van der Waals surface area (Å²) >= 11 is 0. The van der Waals surface area contributed by atoms with Crippen LogP contribution in [0, 0.1) is 16.7 Å². The minimum Gasteiger partial charge on any atom is -0.348 e. The third kappa shape index (κ3) is 1.48. The lowest BCUT2D eigenvalue weighted by atomic mass is 9.69. The Hall–Kier alpha value is -0.830. The van der Waals surface area contributed by atoms with Crippen LogP contribution in [0.5, 0.6) is 0 Å². The van der Waals surface area contributed by atoms with E-state index in [1.165, 1.54) is 19.3 Å². The molecule has 2 saturated carbocycles. The van der Waals surface area contributed by atoms with Crippen LogP contribution in [0.4, 0.5) is 0 Å². The molecule has 17 heavy (non-hydrogen) atoms. The molecule has 2 fully saturated rings. The Morgan fingerprint density at radius 1 is 1.47 bits per heavy atom. The maximum absolute atomic E-state index is 4.28. The largest absolute Gasteiger partial charge is 0.348 e. The molecule has 0 spiro atoms. The Labute approximate surface area is 103 Å². The topological polar surface area (TPSA) is 40.7 Å². The molecule has 2 bridgehead atoms. The van der Waals surface area contributed by atoms with E-state index in [-0.39, 0.29) is 0 Å². The van der Waals surface area contributed by atoms with E-state index in [1.807, 2.05) is 12.4 Å². The SMILES string of the molecule is CC1(C)[C@@H]2CC[C@@]1(C)[C@H](NCc1ncc[nH]1)C2. The van der Waals surface area contributed by atoms with Gasteiger partial charge >= 0.3 is 0 Å². The van der Waals surface area contributed by atoms with Gasteiger partial charge in [0.25, 0.3) is 0 Å². The Bertz CT molecular complexity index is 396. The van der Waals surface area contributed by atoms with Crippen molar-refractivity contribution in [3.05, 3.63) is 18.2 Å². The maximum atomic E-state index is 4.28. The lowest BCUT2D eigenvalue weighted by molar-refractivity contribution is 0.120. The van der Waals surface area contributed by atoms with Gasteiger partial charge in [0.2, 0.25) is 0 Å². The normalized spacial score (nSPS) is 38.8. The molecule has 3 heteroatoms. The predicted octanol–water partition coefficient (Wildman–Crippen LogP) is 2.71. The van der Waals surface area contributed by atoms with E-state index in [0.717, 1.165) is 18.3 Å². The number of rotatable bonds is 3. The van der Waals surface area contributed by atoms with Crippen molar-refractivity contribution in [1.82, 2.24) is 15.3 Å². The standard InChI is InChI=1S/C14H23N3/c1-13(2)10-4-5-14(13,3)11(8-10)17-9-12-15-6-7-16-12/h6-7,10-11,17H,4-5,8-9H2,1-3H3,(H,15,16)/t10-,11-,14+/m1/s1. The molecular formula is C14H23N3. The number of nitrogens with one attached hydrogen (secondary N) is 2. The van der Waals surface area contributed by atoms with E-state index in [9.17, 15) is 0 Å². The molecule has 0 saturated heterocycles. The van der Waals surface area contributed by atoms with Gasteiger partial charge in [0.15, 0.2) is 0 Å². The fourth-order valence-corrected chi connectivity index (χ4v) is 4.13. The Morgan fingerprint density at radius 3 is 2.82 bits per heavy atom. The Morgan fingerprint density at radius 2 is 2.29 bits per heavy atom. The van der Waals surface area contributed by atoms with Gasteiger partial charge < -0.3 is 10.3 Å². The number of hydrogen-bond acceptors (Lipinski definition) is 2. The summed E-state index contributed by atoms with van der Waals surface area (Å²) in [7, 11) is 0. The third-order valence-electron chi connectivity index (χ3n) is 5.86. The summed E-state index contributed by atoms with van der Waals surface area (Å²) in [4.78, 5) is 7.45. The van der Waals surface area contributed by atoms with Crippen LogP contribution in [-0.2, 0) is 6.54 Å². The summed E-state index contributed by atoms with van der Waals surface area (Å²) < 4.78 is 0. The minimum atomic E-state index is 0.463. The number of hydrogen-bond donors (Lipinski definition) is 2. The zero-order valence-corrected chi connectivity index (χ0v) is 11.1. The summed E-state index contributed by atoms with van der Waals surface area (Å²) in [6.07, 6.45) is 7.85. The summed E-state index contributed by atoms with van der Waals surface area (Å²) in [6, 6.07) is 0.654. The summed E-state index contributed by atoms with van der Waals surface area (Å²) in [5.74, 6) is 1.95. The van der Waals surface area contributed by atoms with Crippen LogP contribution in [0.2, 0.25) is 0 Å². The highest BCUT2D eigenvalue weighted by Crippen LogP contribution is 2.65. The molecule has 0 aromatic carbocycles. The number of fused-ring (bicyclic) bond motifs is 2. The summed E-state index contributed by atoms with van der Waals surface area (Å²) in [5.41, 5.74) is 0.956. The summed E-state index contributed by atoms with van der Waals surface area (Å²) in [6.45, 7) is 8.26. The number of nitrogens with zero attached hydrogens (tertiary/aromatic N) is 1. The first-order valence-electron chi connectivity index (χ1n) is 6.76. The predicted molar refractivity (Wildman–Crippen MR) is 68.4 cm³/mol. The molecule has 2 aliphatic carbocycles. The Balaban J connectivity index is 1.70. The molecule has 0 unspecified atom stereocenters. The van der Waals surface area contributed by atoms with Gasteiger partial charge in [-0.15, -0.1) is 0 Å². The van der Waals surface area contributed by atoms with Gasteiger partial charge in [-0.2, -0.15) is 0 Å². The molecule has 2 N–H and O–H groups in total. The zero-order chi connectivity index (χ0) is 12.1. The van der Waals surface area contributed by atoms with Gasteiger partial charge in [-0.25, -0.2) is 4.98 Å². The van der Waals surface area contributed by atoms with E-state index >= 15 is 0 Å². The second-order valence-electron chi connectivity index (χ2n) is 6.58. The van der Waals surface area contributed by atoms with E-state index in [0.29, 0.717) is 16.9 Å². The van der Waals surface area contributed by atoms with Crippen LogP contribution in [0.3, 0.4) is 0 Å². The van der Waals surface area contributed by atoms with Crippen molar-refractivity contribution in [3.8, 4) is 0 Å². The van der Waals surface area contributed by atoms with Gasteiger partial charge in [0.1, 0.15) is 5.82 Å². The third-order valence-corrected chi connectivity index (χ3v) is 5.86. The van der Waals surface area contributed by atoms with Crippen molar-refractivity contribution in [2.45, 2.75) is 52.6 Å². The van der Waals surface area contributed by atoms with Gasteiger partial charge in [-0.05, 0) is 36.0 Å². The zero-order valence-electron chi connectivity index (χ0n) is 11.1. The fraction of sp³-hybridized carbons (Fsp3) is 0.786. The molecule has 2 aliphatic rings. The first-order chi connectivity index (χ1) is 8.04. The van der Waals surface area contributed by atoms with Crippen molar-refractivity contribution in [3.63, 3.8) is 0 Å². The van der Waals surface area contributed by atoms with Gasteiger partial charge in [0, 0.05) is 18.4 Å². The molecule has 3 nitrogen and oxygen atoms in total. The molecular weight excluding hydrogens is 210 g/mol. The number of imidazole rings is 1. The van der Waals surface area contributed by atoms with E-state index in [2.05, 4.69) is 36.1 Å². The maximum Gasteiger partial charge on any atom is 0.120 e. The van der Waals surface area contributed by atoms with Crippen LogP contribution >= 0.6 is 0 Å². The average molecular weight is 233 g/mol. The number of aromatic nitrogens is 2. The first kappa shape index (κ1) is 11.3. The molecule has 3 rings (SSSR count). The highest BCUT2D eigenvalue weighted by Gasteiger charge is 2.60. The molecule has 0 aliphatic heterocycles. The van der Waals surface area contributed by atoms with Crippen LogP contribution in [0.25, 0.3) is 0 Å². The Kier molecular flexibility index (Phi) is 2.37. The quantitative estimate of drug-likeness (QED) is 0.842. The van der Waals surface area contributed by atoms with E-state index < -0.39 is 0 Å². The van der Waals surface area contributed by atoms with Gasteiger partial charge in [0.05, 0.1) is 6.54 Å². The van der Waals surface area contributed by atoms with Crippen LogP contribution in [0.1, 0.15) is 45.9 Å². The molecule has 3 atom stereocenters. The second kappa shape index (κ2) is 3.58. The smallest absolute Gasteiger partial charge is 0.120 e. The highest BCUT2D eigenvalue weighted by atomic mass is 15.0. The van der Waals surface area contributed by atoms with E-state index in [1.54, 1.807) is 0 Å². The monoisotopic (exact) mass is 233 g/mol. The van der Waals surface area contributed by atoms with Crippen molar-refractivity contribution >= 4 is 0 Å². The molecule has 0 radical (unpaired) electrons. The van der Waals surface area contributed by atoms with Crippen LogP contribution in [0.15, 0.2) is 12.4 Å². The van der Waals surface area contributed by atoms with Crippen molar-refractivity contribution in [1.29, 1.82) is 0 Å². The lowest BCUT2D eigenvalue weighted by Gasteiger charge is -2.39. The number of aromatic amines is 1. The fourth-order valence-electron chi connectivity index (χ4n) is 4.13.